The molecule has 1 aromatic rings. The molecule has 33 heavy (non-hydrogen) atoms. The van der Waals surface area contributed by atoms with Crippen molar-refractivity contribution in [2.75, 3.05) is 50.8 Å². The Morgan fingerprint density at radius 3 is 2.42 bits per heavy atom. The fourth-order valence-electron chi connectivity index (χ4n) is 3.95. The Balaban J connectivity index is 1.47. The molecule has 0 N–H and O–H groups in total. The first-order valence-corrected chi connectivity index (χ1v) is 11.2. The van der Waals surface area contributed by atoms with Gasteiger partial charge >= 0.3 is 12.1 Å². The van der Waals surface area contributed by atoms with Gasteiger partial charge in [0, 0.05) is 51.9 Å². The molecule has 0 aromatic carbocycles. The summed E-state index contributed by atoms with van der Waals surface area (Å²) in [7, 11) is 0. The van der Waals surface area contributed by atoms with Crippen LogP contribution in [0.5, 0.6) is 0 Å². The standard InChI is InChI=1S/C21H26ClF3N4O4/c1-2-17(30)29-5-3-4-14(12-29)20(32)33-13-18(31)27-6-8-28(9-7-27)19-16(22)10-15(11-26-19)21(23,24)25/h10-11,14H,2-9,12-13H2,1H3. The average molecular weight is 491 g/mol. The summed E-state index contributed by atoms with van der Waals surface area (Å²) in [5, 5.41) is -0.110. The summed E-state index contributed by atoms with van der Waals surface area (Å²) in [5.41, 5.74) is -0.924. The molecule has 0 saturated carbocycles. The van der Waals surface area contributed by atoms with E-state index in [0.29, 0.717) is 45.4 Å². The molecule has 0 spiro atoms. The number of hydrogen-bond donors (Lipinski definition) is 0. The van der Waals surface area contributed by atoms with E-state index >= 15 is 0 Å². The second-order valence-corrected chi connectivity index (χ2v) is 8.44. The maximum atomic E-state index is 12.8. The van der Waals surface area contributed by atoms with Crippen LogP contribution in [0.1, 0.15) is 31.7 Å². The van der Waals surface area contributed by atoms with Crippen LogP contribution < -0.4 is 4.90 Å². The predicted molar refractivity (Wildman–Crippen MR) is 114 cm³/mol. The third kappa shape index (κ3) is 6.27. The number of nitrogens with zero attached hydrogens (tertiary/aromatic N) is 4. The van der Waals surface area contributed by atoms with Crippen LogP contribution in [0.2, 0.25) is 5.02 Å². The molecule has 0 aliphatic carbocycles. The number of amides is 2. The molecule has 0 radical (unpaired) electrons. The lowest BCUT2D eigenvalue weighted by atomic mass is 9.98. The molecule has 2 fully saturated rings. The molecule has 1 unspecified atom stereocenters. The lowest BCUT2D eigenvalue weighted by Gasteiger charge is -2.36. The zero-order valence-electron chi connectivity index (χ0n) is 18.2. The van der Waals surface area contributed by atoms with Crippen molar-refractivity contribution in [1.29, 1.82) is 0 Å². The van der Waals surface area contributed by atoms with Crippen molar-refractivity contribution in [3.05, 3.63) is 22.8 Å². The number of pyridine rings is 1. The quantitative estimate of drug-likeness (QED) is 0.590. The summed E-state index contributed by atoms with van der Waals surface area (Å²) >= 11 is 6.00. The van der Waals surface area contributed by atoms with Gasteiger partial charge in [0.25, 0.3) is 5.91 Å². The first-order valence-electron chi connectivity index (χ1n) is 10.8. The first kappa shape index (κ1) is 25.1. The van der Waals surface area contributed by atoms with Crippen molar-refractivity contribution in [3.8, 4) is 0 Å². The fraction of sp³-hybridized carbons (Fsp3) is 0.619. The number of rotatable bonds is 5. The van der Waals surface area contributed by atoms with Crippen LogP contribution in [0, 0.1) is 5.92 Å². The zero-order valence-corrected chi connectivity index (χ0v) is 19.0. The normalized spacial score (nSPS) is 19.4. The molecule has 3 rings (SSSR count). The Hall–Kier alpha value is -2.56. The summed E-state index contributed by atoms with van der Waals surface area (Å²) in [5.74, 6) is -1.06. The van der Waals surface area contributed by atoms with Crippen LogP contribution in [0.4, 0.5) is 19.0 Å². The molecule has 3 heterocycles. The number of carbonyl (C=O) groups is 3. The summed E-state index contributed by atoms with van der Waals surface area (Å²) in [4.78, 5) is 45.4. The number of likely N-dealkylation sites (tertiary alicyclic amines) is 1. The minimum atomic E-state index is -4.53. The number of piperidine rings is 1. The maximum Gasteiger partial charge on any atom is 0.417 e. The van der Waals surface area contributed by atoms with Gasteiger partial charge in [-0.1, -0.05) is 18.5 Å². The van der Waals surface area contributed by atoms with Crippen LogP contribution in [0.25, 0.3) is 0 Å². The van der Waals surface area contributed by atoms with Gasteiger partial charge in [-0.15, -0.1) is 0 Å². The summed E-state index contributed by atoms with van der Waals surface area (Å²) in [6.07, 6.45) is -2.10. The molecular weight excluding hydrogens is 465 g/mol. The lowest BCUT2D eigenvalue weighted by molar-refractivity contribution is -0.158. The van der Waals surface area contributed by atoms with E-state index in [1.165, 1.54) is 4.90 Å². The minimum Gasteiger partial charge on any atom is -0.455 e. The van der Waals surface area contributed by atoms with Gasteiger partial charge in [0.05, 0.1) is 16.5 Å². The number of piperazine rings is 1. The van der Waals surface area contributed by atoms with Crippen molar-refractivity contribution < 1.29 is 32.3 Å². The summed E-state index contributed by atoms with van der Waals surface area (Å²) in [6, 6.07) is 0.835. The topological polar surface area (TPSA) is 83.0 Å². The summed E-state index contributed by atoms with van der Waals surface area (Å²) < 4.78 is 43.6. The third-order valence-electron chi connectivity index (χ3n) is 5.83. The van der Waals surface area contributed by atoms with Gasteiger partial charge < -0.3 is 19.4 Å². The van der Waals surface area contributed by atoms with Crippen LogP contribution in [-0.2, 0) is 25.3 Å². The van der Waals surface area contributed by atoms with Crippen molar-refractivity contribution in [2.45, 2.75) is 32.4 Å². The molecule has 12 heteroatoms. The molecule has 1 aromatic heterocycles. The largest absolute Gasteiger partial charge is 0.455 e. The van der Waals surface area contributed by atoms with E-state index in [2.05, 4.69) is 4.98 Å². The summed E-state index contributed by atoms with van der Waals surface area (Å²) in [6.45, 7) is 3.54. The minimum absolute atomic E-state index is 0.0101. The van der Waals surface area contributed by atoms with E-state index in [0.717, 1.165) is 12.3 Å². The number of esters is 1. The number of carbonyl (C=O) groups excluding carboxylic acids is 3. The van der Waals surface area contributed by atoms with Gasteiger partial charge in [-0.2, -0.15) is 13.2 Å². The highest BCUT2D eigenvalue weighted by molar-refractivity contribution is 6.33. The fourth-order valence-corrected chi connectivity index (χ4v) is 4.23. The highest BCUT2D eigenvalue weighted by atomic mass is 35.5. The van der Waals surface area contributed by atoms with Gasteiger partial charge in [-0.25, -0.2) is 4.98 Å². The Morgan fingerprint density at radius 1 is 1.12 bits per heavy atom. The zero-order chi connectivity index (χ0) is 24.2. The first-order chi connectivity index (χ1) is 15.6. The van der Waals surface area contributed by atoms with E-state index in [-0.39, 0.29) is 35.7 Å². The van der Waals surface area contributed by atoms with Gasteiger partial charge in [0.15, 0.2) is 6.61 Å². The Morgan fingerprint density at radius 2 is 1.82 bits per heavy atom. The number of halogens is 4. The molecular formula is C21H26ClF3N4O4. The molecule has 1 atom stereocenters. The number of hydrogen-bond acceptors (Lipinski definition) is 6. The number of ether oxygens (including phenoxy) is 1. The SMILES string of the molecule is CCC(=O)N1CCCC(C(=O)OCC(=O)N2CCN(c3ncc(C(F)(F)F)cc3Cl)CC2)C1. The van der Waals surface area contributed by atoms with Crippen LogP contribution in [0.15, 0.2) is 12.3 Å². The Kier molecular flexibility index (Phi) is 8.04. The molecule has 8 nitrogen and oxygen atoms in total. The van der Waals surface area contributed by atoms with Gasteiger partial charge in [-0.3, -0.25) is 14.4 Å². The monoisotopic (exact) mass is 490 g/mol. The predicted octanol–water partition coefficient (Wildman–Crippen LogP) is 2.59. The van der Waals surface area contributed by atoms with Crippen molar-refractivity contribution in [2.24, 2.45) is 5.92 Å². The average Bonchev–Trinajstić information content (AvgIpc) is 2.81. The smallest absolute Gasteiger partial charge is 0.417 e. The second-order valence-electron chi connectivity index (χ2n) is 8.04. The third-order valence-corrected chi connectivity index (χ3v) is 6.11. The van der Waals surface area contributed by atoms with Crippen LogP contribution in [0.3, 0.4) is 0 Å². The number of anilines is 1. The molecule has 2 aliphatic heterocycles. The molecule has 2 saturated heterocycles. The maximum absolute atomic E-state index is 12.8. The van der Waals surface area contributed by atoms with Crippen LogP contribution >= 0.6 is 11.6 Å². The highest BCUT2D eigenvalue weighted by Gasteiger charge is 2.33. The van der Waals surface area contributed by atoms with E-state index in [1.54, 1.807) is 16.7 Å². The van der Waals surface area contributed by atoms with E-state index in [1.807, 2.05) is 0 Å². The number of alkyl halides is 3. The lowest BCUT2D eigenvalue weighted by Crippen LogP contribution is -2.50. The van der Waals surface area contributed by atoms with Gasteiger partial charge in [0.1, 0.15) is 5.82 Å². The van der Waals surface area contributed by atoms with E-state index < -0.39 is 30.2 Å². The molecule has 2 aliphatic rings. The van der Waals surface area contributed by atoms with Crippen molar-refractivity contribution in [1.82, 2.24) is 14.8 Å². The van der Waals surface area contributed by atoms with E-state index in [4.69, 9.17) is 16.3 Å². The second kappa shape index (κ2) is 10.6. The van der Waals surface area contributed by atoms with E-state index in [9.17, 15) is 27.6 Å². The number of aromatic nitrogens is 1. The molecule has 2 amide bonds. The van der Waals surface area contributed by atoms with Crippen molar-refractivity contribution >= 4 is 35.2 Å². The van der Waals surface area contributed by atoms with Gasteiger partial charge in [-0.05, 0) is 18.9 Å². The highest BCUT2D eigenvalue weighted by Crippen LogP contribution is 2.33. The molecule has 0 bridgehead atoms. The van der Waals surface area contributed by atoms with Gasteiger partial charge in [0.2, 0.25) is 5.91 Å². The molecule has 182 valence electrons. The van der Waals surface area contributed by atoms with Crippen LogP contribution in [-0.4, -0.2) is 78.4 Å². The Bertz CT molecular complexity index is 891. The van der Waals surface area contributed by atoms with Crippen molar-refractivity contribution in [3.63, 3.8) is 0 Å². The Labute approximate surface area is 194 Å².